The van der Waals surface area contributed by atoms with Crippen molar-refractivity contribution in [3.63, 3.8) is 0 Å². The zero-order valence-corrected chi connectivity index (χ0v) is 25.5. The summed E-state index contributed by atoms with van der Waals surface area (Å²) in [5, 5.41) is 0. The van der Waals surface area contributed by atoms with Crippen LogP contribution in [0.2, 0.25) is 0 Å². The molecule has 2 aromatic rings. The maximum atomic E-state index is 5.11. The van der Waals surface area contributed by atoms with Crippen LogP contribution >= 0.6 is 0 Å². The highest BCUT2D eigenvalue weighted by Crippen LogP contribution is 2.16. The highest BCUT2D eigenvalue weighted by Gasteiger charge is 2.08. The summed E-state index contributed by atoms with van der Waals surface area (Å²) in [6.45, 7) is 5.76. The first kappa shape index (κ1) is 32.6. The van der Waals surface area contributed by atoms with Gasteiger partial charge in [0.25, 0.3) is 0 Å². The van der Waals surface area contributed by atoms with E-state index in [1.807, 2.05) is 0 Å². The maximum absolute atomic E-state index is 5.11. The summed E-state index contributed by atoms with van der Waals surface area (Å²) >= 11 is 0. The molecule has 0 fully saturated rings. The van der Waals surface area contributed by atoms with Crippen LogP contribution in [0.25, 0.3) is 0 Å². The van der Waals surface area contributed by atoms with Crippen LogP contribution in [0.1, 0.15) is 166 Å². The second-order valence-corrected chi connectivity index (χ2v) is 11.8. The minimum Gasteiger partial charge on any atom is -0.335 e. The van der Waals surface area contributed by atoms with E-state index in [2.05, 4.69) is 54.9 Å². The van der Waals surface area contributed by atoms with Gasteiger partial charge in [0.2, 0.25) is 0 Å². The summed E-state index contributed by atoms with van der Waals surface area (Å²) in [7, 11) is 0. The molecule has 0 aliphatic heterocycles. The Morgan fingerprint density at radius 3 is 1.55 bits per heavy atom. The van der Waals surface area contributed by atoms with Gasteiger partial charge in [-0.05, 0) is 37.7 Å². The van der Waals surface area contributed by atoms with Gasteiger partial charge in [0.05, 0.1) is 5.69 Å². The van der Waals surface area contributed by atoms with Crippen LogP contribution in [0, 0.1) is 0 Å². The molecule has 0 unspecified atom stereocenters. The van der Waals surface area contributed by atoms with E-state index in [4.69, 9.17) is 4.98 Å². The Morgan fingerprint density at radius 2 is 1.00 bits per heavy atom. The average molecular weight is 523 g/mol. The van der Waals surface area contributed by atoms with E-state index < -0.39 is 0 Å². The van der Waals surface area contributed by atoms with Gasteiger partial charge in [-0.25, -0.2) is 4.98 Å². The van der Waals surface area contributed by atoms with Gasteiger partial charge in [0, 0.05) is 19.2 Å². The quantitative estimate of drug-likeness (QED) is 0.112. The molecule has 0 atom stereocenters. The molecule has 0 saturated carbocycles. The molecule has 0 saturated heterocycles. The van der Waals surface area contributed by atoms with Gasteiger partial charge < -0.3 is 4.57 Å². The second kappa shape index (κ2) is 23.3. The minimum absolute atomic E-state index is 1.10. The van der Waals surface area contributed by atoms with Crippen LogP contribution in [-0.2, 0) is 25.8 Å². The lowest BCUT2D eigenvalue weighted by Gasteiger charge is -2.08. The molecule has 216 valence electrons. The van der Waals surface area contributed by atoms with Crippen molar-refractivity contribution in [2.45, 2.75) is 174 Å². The Bertz CT molecular complexity index is 763. The number of hydrogen-bond donors (Lipinski definition) is 0. The molecule has 1 aromatic heterocycles. The lowest BCUT2D eigenvalue weighted by atomic mass is 10.0. The highest BCUT2D eigenvalue weighted by atomic mass is 15.1. The number of hydrogen-bond acceptors (Lipinski definition) is 1. The summed E-state index contributed by atoms with van der Waals surface area (Å²) in [5.41, 5.74) is 2.76. The van der Waals surface area contributed by atoms with E-state index in [1.54, 1.807) is 0 Å². The predicted molar refractivity (Wildman–Crippen MR) is 168 cm³/mol. The number of unbranched alkanes of at least 4 members (excludes halogenated alkanes) is 18. The molecule has 38 heavy (non-hydrogen) atoms. The fourth-order valence-electron chi connectivity index (χ4n) is 5.69. The molecule has 0 spiro atoms. The van der Waals surface area contributed by atoms with Gasteiger partial charge in [-0.15, -0.1) is 0 Å². The van der Waals surface area contributed by atoms with Crippen molar-refractivity contribution in [2.75, 3.05) is 0 Å². The van der Waals surface area contributed by atoms with Crippen LogP contribution in [0.3, 0.4) is 0 Å². The van der Waals surface area contributed by atoms with Crippen molar-refractivity contribution in [1.29, 1.82) is 0 Å². The van der Waals surface area contributed by atoms with Crippen LogP contribution in [0.15, 0.2) is 36.5 Å². The number of benzene rings is 1. The average Bonchev–Trinajstić information content (AvgIpc) is 3.32. The van der Waals surface area contributed by atoms with Gasteiger partial charge in [-0.2, -0.15) is 0 Å². The van der Waals surface area contributed by atoms with Gasteiger partial charge in [-0.3, -0.25) is 0 Å². The fraction of sp³-hybridized carbons (Fsp3) is 0.750. The molecule has 0 bridgehead atoms. The SMILES string of the molecule is CCCCCCCCCCCCCCCCCn1cc(CCCc2ccccc2)nc1CCCCCCC. The van der Waals surface area contributed by atoms with Crippen molar-refractivity contribution in [3.8, 4) is 0 Å². The van der Waals surface area contributed by atoms with E-state index in [0.29, 0.717) is 0 Å². The van der Waals surface area contributed by atoms with Gasteiger partial charge in [-0.1, -0.05) is 160 Å². The largest absolute Gasteiger partial charge is 0.335 e. The topological polar surface area (TPSA) is 17.8 Å². The molecule has 0 amide bonds. The molecular weight excluding hydrogens is 460 g/mol. The normalized spacial score (nSPS) is 11.4. The molecule has 2 nitrogen and oxygen atoms in total. The Hall–Kier alpha value is -1.57. The zero-order valence-electron chi connectivity index (χ0n) is 25.5. The van der Waals surface area contributed by atoms with Crippen molar-refractivity contribution >= 4 is 0 Å². The zero-order chi connectivity index (χ0) is 26.9. The third-order valence-electron chi connectivity index (χ3n) is 8.16. The summed E-state index contributed by atoms with van der Waals surface area (Å²) in [6.07, 6.45) is 35.1. The van der Waals surface area contributed by atoms with E-state index in [-0.39, 0.29) is 0 Å². The summed E-state index contributed by atoms with van der Waals surface area (Å²) in [4.78, 5) is 5.11. The van der Waals surface area contributed by atoms with Crippen molar-refractivity contribution < 1.29 is 0 Å². The summed E-state index contributed by atoms with van der Waals surface area (Å²) in [6, 6.07) is 10.9. The summed E-state index contributed by atoms with van der Waals surface area (Å²) in [5.74, 6) is 1.35. The van der Waals surface area contributed by atoms with Crippen LogP contribution < -0.4 is 0 Å². The first-order valence-electron chi connectivity index (χ1n) is 16.9. The number of aromatic nitrogens is 2. The lowest BCUT2D eigenvalue weighted by Crippen LogP contribution is -2.03. The van der Waals surface area contributed by atoms with Gasteiger partial charge in [0.15, 0.2) is 0 Å². The smallest absolute Gasteiger partial charge is 0.108 e. The van der Waals surface area contributed by atoms with E-state index in [0.717, 1.165) is 25.8 Å². The van der Waals surface area contributed by atoms with Gasteiger partial charge in [0.1, 0.15) is 5.82 Å². The number of aryl methyl sites for hydroxylation is 4. The number of imidazole rings is 1. The highest BCUT2D eigenvalue weighted by molar-refractivity contribution is 5.15. The standard InChI is InChI=1S/C36H62N2/c1-3-5-7-9-10-11-12-13-14-15-16-17-18-20-25-32-38-33-35(30-26-29-34-27-22-21-23-28-34)37-36(38)31-24-19-8-6-4-2/h21-23,27-28,33H,3-20,24-26,29-32H2,1-2H3. The van der Waals surface area contributed by atoms with E-state index >= 15 is 0 Å². The van der Waals surface area contributed by atoms with Crippen molar-refractivity contribution in [2.24, 2.45) is 0 Å². The molecule has 2 rings (SSSR count). The molecular formula is C36H62N2. The molecule has 1 aromatic carbocycles. The fourth-order valence-corrected chi connectivity index (χ4v) is 5.69. The number of nitrogens with zero attached hydrogens (tertiary/aromatic N) is 2. The van der Waals surface area contributed by atoms with Crippen LogP contribution in [0.4, 0.5) is 0 Å². The number of rotatable bonds is 26. The molecule has 2 heteroatoms. The maximum Gasteiger partial charge on any atom is 0.108 e. The Labute approximate surface area is 237 Å². The Balaban J connectivity index is 1.58. The van der Waals surface area contributed by atoms with Crippen LogP contribution in [0.5, 0.6) is 0 Å². The monoisotopic (exact) mass is 522 g/mol. The van der Waals surface area contributed by atoms with E-state index in [1.165, 1.54) is 152 Å². The predicted octanol–water partition coefficient (Wildman–Crippen LogP) is 11.4. The van der Waals surface area contributed by atoms with Gasteiger partial charge >= 0.3 is 0 Å². The molecule has 0 aliphatic carbocycles. The first-order valence-corrected chi connectivity index (χ1v) is 16.9. The third kappa shape index (κ3) is 16.4. The van der Waals surface area contributed by atoms with Crippen LogP contribution in [-0.4, -0.2) is 9.55 Å². The van der Waals surface area contributed by atoms with Crippen molar-refractivity contribution in [3.05, 3.63) is 53.6 Å². The second-order valence-electron chi connectivity index (χ2n) is 11.8. The lowest BCUT2D eigenvalue weighted by molar-refractivity contribution is 0.516. The molecule has 1 heterocycles. The Morgan fingerprint density at radius 1 is 0.500 bits per heavy atom. The Kier molecular flexibility index (Phi) is 20.0. The third-order valence-corrected chi connectivity index (χ3v) is 8.16. The molecule has 0 radical (unpaired) electrons. The first-order chi connectivity index (χ1) is 18.8. The minimum atomic E-state index is 1.10. The molecule has 0 aliphatic rings. The molecule has 0 N–H and O–H groups in total. The van der Waals surface area contributed by atoms with E-state index in [9.17, 15) is 0 Å². The summed E-state index contributed by atoms with van der Waals surface area (Å²) < 4.78 is 2.51. The van der Waals surface area contributed by atoms with Crippen molar-refractivity contribution in [1.82, 2.24) is 9.55 Å².